The molecule has 1 aliphatic rings. The van der Waals surface area contributed by atoms with E-state index in [0.717, 1.165) is 0 Å². The number of nitrogens with one attached hydrogen (secondary N) is 1. The van der Waals surface area contributed by atoms with Gasteiger partial charge in [-0.25, -0.2) is 4.39 Å². The Morgan fingerprint density at radius 3 is 2.90 bits per heavy atom. The van der Waals surface area contributed by atoms with Crippen LogP contribution < -0.4 is 5.32 Å². The van der Waals surface area contributed by atoms with E-state index in [2.05, 4.69) is 5.32 Å². The van der Waals surface area contributed by atoms with Gasteiger partial charge in [-0.15, -0.1) is 0 Å². The molecule has 1 unspecified atom stereocenters. The Morgan fingerprint density at radius 1 is 1.50 bits per heavy atom. The maximum absolute atomic E-state index is 13.8. The molecule has 2 rings (SSSR count). The molecular formula is C14H14FN3O2. The molecule has 0 bridgehead atoms. The van der Waals surface area contributed by atoms with Gasteiger partial charge in [-0.05, 0) is 24.6 Å². The smallest absolute Gasteiger partial charge is 0.243 e. The predicted molar refractivity (Wildman–Crippen MR) is 68.8 cm³/mol. The van der Waals surface area contributed by atoms with E-state index in [1.165, 1.54) is 18.2 Å². The zero-order valence-corrected chi connectivity index (χ0v) is 11.0. The van der Waals surface area contributed by atoms with Gasteiger partial charge in [0, 0.05) is 12.1 Å². The lowest BCUT2D eigenvalue weighted by atomic mass is 10.1. The van der Waals surface area contributed by atoms with Gasteiger partial charge in [-0.2, -0.15) is 5.26 Å². The Bertz CT molecular complexity index is 595. The van der Waals surface area contributed by atoms with Crippen LogP contribution in [0.2, 0.25) is 0 Å². The summed E-state index contributed by atoms with van der Waals surface area (Å²) in [5.74, 6) is -1.20. The predicted octanol–water partition coefficient (Wildman–Crippen LogP) is 0.934. The SMILES string of the molecule is CCC1C(=O)NC(=O)CN1Cc1cc(C#N)ccc1F. The second kappa shape index (κ2) is 5.80. The van der Waals surface area contributed by atoms with Crippen molar-refractivity contribution in [3.05, 3.63) is 35.1 Å². The summed E-state index contributed by atoms with van der Waals surface area (Å²) in [6, 6.07) is 5.54. The average Bonchev–Trinajstić information content (AvgIpc) is 2.41. The van der Waals surface area contributed by atoms with E-state index in [-0.39, 0.29) is 19.0 Å². The van der Waals surface area contributed by atoms with Gasteiger partial charge in [0.05, 0.1) is 24.2 Å². The number of carbonyl (C=O) groups excluding carboxylic acids is 2. The lowest BCUT2D eigenvalue weighted by Crippen LogP contribution is -2.57. The molecule has 0 radical (unpaired) electrons. The Balaban J connectivity index is 2.25. The fourth-order valence-corrected chi connectivity index (χ4v) is 2.31. The van der Waals surface area contributed by atoms with Crippen LogP contribution in [0, 0.1) is 17.1 Å². The minimum absolute atomic E-state index is 0.0421. The minimum Gasteiger partial charge on any atom is -0.294 e. The number of carbonyl (C=O) groups is 2. The van der Waals surface area contributed by atoms with Crippen LogP contribution in [0.15, 0.2) is 18.2 Å². The monoisotopic (exact) mass is 275 g/mol. The number of hydrogen-bond acceptors (Lipinski definition) is 4. The first-order chi connectivity index (χ1) is 9.55. The van der Waals surface area contributed by atoms with E-state index in [4.69, 9.17) is 5.26 Å². The van der Waals surface area contributed by atoms with Crippen LogP contribution in [0.1, 0.15) is 24.5 Å². The highest BCUT2D eigenvalue weighted by Gasteiger charge is 2.32. The molecule has 1 aromatic carbocycles. The van der Waals surface area contributed by atoms with Crippen LogP contribution in [-0.4, -0.2) is 29.3 Å². The maximum atomic E-state index is 13.8. The summed E-state index contributed by atoms with van der Waals surface area (Å²) in [6.07, 6.45) is 0.526. The van der Waals surface area contributed by atoms with Gasteiger partial charge in [-0.3, -0.25) is 19.8 Å². The summed E-state index contributed by atoms with van der Waals surface area (Å²) >= 11 is 0. The molecule has 0 saturated carbocycles. The third-order valence-electron chi connectivity index (χ3n) is 3.29. The summed E-state index contributed by atoms with van der Waals surface area (Å²) in [4.78, 5) is 24.8. The Kier molecular flexibility index (Phi) is 4.11. The van der Waals surface area contributed by atoms with E-state index in [1.807, 2.05) is 13.0 Å². The summed E-state index contributed by atoms with van der Waals surface area (Å²) < 4.78 is 13.8. The highest BCUT2D eigenvalue weighted by Crippen LogP contribution is 2.17. The van der Waals surface area contributed by atoms with Crippen LogP contribution in [0.25, 0.3) is 0 Å². The number of benzene rings is 1. The Hall–Kier alpha value is -2.26. The van der Waals surface area contributed by atoms with E-state index in [9.17, 15) is 14.0 Å². The van der Waals surface area contributed by atoms with Crippen LogP contribution in [-0.2, 0) is 16.1 Å². The van der Waals surface area contributed by atoms with Crippen molar-refractivity contribution in [2.75, 3.05) is 6.54 Å². The van der Waals surface area contributed by atoms with E-state index in [0.29, 0.717) is 17.5 Å². The summed E-state index contributed by atoms with van der Waals surface area (Å²) in [5, 5.41) is 11.1. The van der Waals surface area contributed by atoms with Crippen molar-refractivity contribution >= 4 is 11.8 Å². The van der Waals surface area contributed by atoms with Gasteiger partial charge < -0.3 is 0 Å². The highest BCUT2D eigenvalue weighted by atomic mass is 19.1. The molecule has 6 heteroatoms. The molecule has 5 nitrogen and oxygen atoms in total. The molecule has 0 aliphatic carbocycles. The normalized spacial score (nSPS) is 19.6. The molecule has 0 aromatic heterocycles. The second-order valence-corrected chi connectivity index (χ2v) is 4.66. The highest BCUT2D eigenvalue weighted by molar-refractivity contribution is 6.01. The van der Waals surface area contributed by atoms with Crippen molar-refractivity contribution in [2.24, 2.45) is 0 Å². The zero-order valence-electron chi connectivity index (χ0n) is 11.0. The number of rotatable bonds is 3. The third kappa shape index (κ3) is 2.83. The molecule has 2 amide bonds. The number of imide groups is 1. The largest absolute Gasteiger partial charge is 0.294 e. The van der Waals surface area contributed by atoms with E-state index in [1.54, 1.807) is 4.90 Å². The minimum atomic E-state index is -0.460. The number of nitrogens with zero attached hydrogens (tertiary/aromatic N) is 2. The first kappa shape index (κ1) is 14.2. The number of halogens is 1. The topological polar surface area (TPSA) is 73.2 Å². The fraction of sp³-hybridized carbons (Fsp3) is 0.357. The maximum Gasteiger partial charge on any atom is 0.243 e. The second-order valence-electron chi connectivity index (χ2n) is 4.66. The van der Waals surface area contributed by atoms with Crippen molar-refractivity contribution in [3.8, 4) is 6.07 Å². The van der Waals surface area contributed by atoms with Crippen molar-refractivity contribution in [1.29, 1.82) is 5.26 Å². The van der Waals surface area contributed by atoms with Crippen LogP contribution in [0.5, 0.6) is 0 Å². The van der Waals surface area contributed by atoms with E-state index >= 15 is 0 Å². The van der Waals surface area contributed by atoms with Gasteiger partial charge in [0.1, 0.15) is 5.82 Å². The molecule has 1 aromatic rings. The Morgan fingerprint density at radius 2 is 2.25 bits per heavy atom. The first-order valence-electron chi connectivity index (χ1n) is 6.31. The number of hydrogen-bond donors (Lipinski definition) is 1. The van der Waals surface area contributed by atoms with Crippen molar-refractivity contribution in [2.45, 2.75) is 25.9 Å². The molecule has 0 spiro atoms. The molecule has 104 valence electrons. The molecule has 1 aliphatic heterocycles. The van der Waals surface area contributed by atoms with E-state index < -0.39 is 17.8 Å². The van der Waals surface area contributed by atoms with Gasteiger partial charge >= 0.3 is 0 Å². The third-order valence-corrected chi connectivity index (χ3v) is 3.29. The standard InChI is InChI=1S/C14H14FN3O2/c1-2-12-14(20)17-13(19)8-18(12)7-10-5-9(6-16)3-4-11(10)15/h3-5,12H,2,7-8H2,1H3,(H,17,19,20). The van der Waals surface area contributed by atoms with Gasteiger partial charge in [0.15, 0.2) is 0 Å². The van der Waals surface area contributed by atoms with Crippen molar-refractivity contribution in [3.63, 3.8) is 0 Å². The summed E-state index contributed by atoms with van der Waals surface area (Å²) in [6.45, 7) is 1.99. The molecule has 20 heavy (non-hydrogen) atoms. The molecule has 1 saturated heterocycles. The van der Waals surface area contributed by atoms with Crippen LogP contribution >= 0.6 is 0 Å². The summed E-state index contributed by atoms with van der Waals surface area (Å²) in [7, 11) is 0. The van der Waals surface area contributed by atoms with Gasteiger partial charge in [0.25, 0.3) is 0 Å². The lowest BCUT2D eigenvalue weighted by molar-refractivity contribution is -0.140. The van der Waals surface area contributed by atoms with Crippen LogP contribution in [0.3, 0.4) is 0 Å². The molecule has 1 heterocycles. The summed E-state index contributed by atoms with van der Waals surface area (Å²) in [5.41, 5.74) is 0.659. The first-order valence-corrected chi connectivity index (χ1v) is 6.31. The number of amides is 2. The average molecular weight is 275 g/mol. The molecule has 1 N–H and O–H groups in total. The molecule has 1 fully saturated rings. The number of nitriles is 1. The lowest BCUT2D eigenvalue weighted by Gasteiger charge is -2.33. The van der Waals surface area contributed by atoms with Gasteiger partial charge in [0.2, 0.25) is 11.8 Å². The zero-order chi connectivity index (χ0) is 14.7. The molecular weight excluding hydrogens is 261 g/mol. The van der Waals surface area contributed by atoms with Gasteiger partial charge in [-0.1, -0.05) is 6.92 Å². The number of piperazine rings is 1. The van der Waals surface area contributed by atoms with Crippen molar-refractivity contribution in [1.82, 2.24) is 10.2 Å². The fourth-order valence-electron chi connectivity index (χ4n) is 2.31. The van der Waals surface area contributed by atoms with Crippen LogP contribution in [0.4, 0.5) is 4.39 Å². The Labute approximate surface area is 116 Å². The quantitative estimate of drug-likeness (QED) is 0.833. The van der Waals surface area contributed by atoms with Crippen molar-refractivity contribution < 1.29 is 14.0 Å². The molecule has 1 atom stereocenters.